The molecular formula is C20H23F2N3O2S2. The predicted molar refractivity (Wildman–Crippen MR) is 113 cm³/mol. The first-order valence-electron chi connectivity index (χ1n) is 9.48. The lowest BCUT2D eigenvalue weighted by atomic mass is 9.94. The van der Waals surface area contributed by atoms with E-state index in [0.717, 1.165) is 37.8 Å². The van der Waals surface area contributed by atoms with Gasteiger partial charge in [0, 0.05) is 24.0 Å². The number of aromatic nitrogens is 1. The molecular weight excluding hydrogens is 416 g/mol. The molecule has 0 atom stereocenters. The van der Waals surface area contributed by atoms with Crippen LogP contribution in [0.4, 0.5) is 13.9 Å². The molecule has 2 amide bonds. The first kappa shape index (κ1) is 21.7. The van der Waals surface area contributed by atoms with Crippen LogP contribution < -0.4 is 5.32 Å². The van der Waals surface area contributed by atoms with E-state index in [4.69, 9.17) is 0 Å². The van der Waals surface area contributed by atoms with E-state index in [1.165, 1.54) is 35.6 Å². The van der Waals surface area contributed by atoms with Gasteiger partial charge in [0.25, 0.3) is 0 Å². The van der Waals surface area contributed by atoms with Gasteiger partial charge in [0.15, 0.2) is 16.8 Å². The van der Waals surface area contributed by atoms with Gasteiger partial charge in [0.05, 0.1) is 17.2 Å². The maximum absolute atomic E-state index is 13.4. The standard InChI is InChI=1S/C20H23F2N3O2S2/c1-25(14-5-3-2-4-6-14)19(27)12-28-11-18(26)24-20-23-17(10-29-20)13-7-8-15(21)16(22)9-13/h7-10,14H,2-6,11-12H2,1H3,(H,23,24,26). The molecule has 1 heterocycles. The fourth-order valence-corrected chi connectivity index (χ4v) is 4.75. The summed E-state index contributed by atoms with van der Waals surface area (Å²) >= 11 is 2.47. The number of halogens is 2. The summed E-state index contributed by atoms with van der Waals surface area (Å²) in [5.41, 5.74) is 0.896. The van der Waals surface area contributed by atoms with Gasteiger partial charge in [-0.25, -0.2) is 13.8 Å². The number of nitrogens with zero attached hydrogens (tertiary/aromatic N) is 2. The highest BCUT2D eigenvalue weighted by molar-refractivity contribution is 8.00. The Bertz CT molecular complexity index is 869. The van der Waals surface area contributed by atoms with Crippen LogP contribution in [0.2, 0.25) is 0 Å². The van der Waals surface area contributed by atoms with Gasteiger partial charge in [-0.1, -0.05) is 19.3 Å². The van der Waals surface area contributed by atoms with Crippen molar-refractivity contribution in [1.82, 2.24) is 9.88 Å². The molecule has 0 bridgehead atoms. The number of hydrogen-bond acceptors (Lipinski definition) is 5. The topological polar surface area (TPSA) is 62.3 Å². The molecule has 5 nitrogen and oxygen atoms in total. The number of nitrogens with one attached hydrogen (secondary N) is 1. The van der Waals surface area contributed by atoms with Gasteiger partial charge >= 0.3 is 0 Å². The van der Waals surface area contributed by atoms with Crippen LogP contribution in [0.3, 0.4) is 0 Å². The molecule has 1 saturated carbocycles. The third-order valence-corrected chi connectivity index (χ3v) is 6.62. The van der Waals surface area contributed by atoms with Crippen LogP contribution in [0, 0.1) is 11.6 Å². The molecule has 0 unspecified atom stereocenters. The third-order valence-electron chi connectivity index (χ3n) is 4.94. The normalized spacial score (nSPS) is 14.6. The number of hydrogen-bond donors (Lipinski definition) is 1. The Kier molecular flexibility index (Phi) is 7.60. The molecule has 1 aliphatic rings. The smallest absolute Gasteiger partial charge is 0.236 e. The highest BCUT2D eigenvalue weighted by Gasteiger charge is 2.22. The summed E-state index contributed by atoms with van der Waals surface area (Å²) in [6.07, 6.45) is 5.67. The molecule has 1 aliphatic carbocycles. The van der Waals surface area contributed by atoms with Gasteiger partial charge in [-0.3, -0.25) is 9.59 Å². The lowest BCUT2D eigenvalue weighted by molar-refractivity contribution is -0.129. The van der Waals surface area contributed by atoms with E-state index >= 15 is 0 Å². The lowest BCUT2D eigenvalue weighted by Crippen LogP contribution is -2.39. The van der Waals surface area contributed by atoms with E-state index in [2.05, 4.69) is 10.3 Å². The maximum atomic E-state index is 13.4. The van der Waals surface area contributed by atoms with E-state index < -0.39 is 11.6 Å². The quantitative estimate of drug-likeness (QED) is 0.688. The van der Waals surface area contributed by atoms with Crippen molar-refractivity contribution >= 4 is 40.0 Å². The van der Waals surface area contributed by atoms with Crippen LogP contribution in [-0.2, 0) is 9.59 Å². The molecule has 1 aromatic carbocycles. The van der Waals surface area contributed by atoms with Gasteiger partial charge in [-0.05, 0) is 31.0 Å². The van der Waals surface area contributed by atoms with E-state index in [1.54, 1.807) is 5.38 Å². The van der Waals surface area contributed by atoms with Crippen molar-refractivity contribution < 1.29 is 18.4 Å². The summed E-state index contributed by atoms with van der Waals surface area (Å²) in [4.78, 5) is 30.5. The van der Waals surface area contributed by atoms with Gasteiger partial charge in [0.2, 0.25) is 11.8 Å². The highest BCUT2D eigenvalue weighted by Crippen LogP contribution is 2.26. The minimum absolute atomic E-state index is 0.0459. The molecule has 9 heteroatoms. The van der Waals surface area contributed by atoms with Crippen LogP contribution in [-0.4, -0.2) is 46.3 Å². The van der Waals surface area contributed by atoms with Gasteiger partial charge in [0.1, 0.15) is 0 Å². The van der Waals surface area contributed by atoms with Crippen molar-refractivity contribution in [1.29, 1.82) is 0 Å². The van der Waals surface area contributed by atoms with E-state index in [-0.39, 0.29) is 23.3 Å². The molecule has 156 valence electrons. The Morgan fingerprint density at radius 2 is 1.97 bits per heavy atom. The molecule has 0 radical (unpaired) electrons. The number of carbonyl (C=O) groups is 2. The summed E-state index contributed by atoms with van der Waals surface area (Å²) < 4.78 is 26.4. The molecule has 29 heavy (non-hydrogen) atoms. The first-order chi connectivity index (χ1) is 13.9. The van der Waals surface area contributed by atoms with Crippen LogP contribution in [0.15, 0.2) is 23.6 Å². The molecule has 3 rings (SSSR count). The van der Waals surface area contributed by atoms with Crippen molar-refractivity contribution in [2.24, 2.45) is 0 Å². The Morgan fingerprint density at radius 3 is 2.69 bits per heavy atom. The summed E-state index contributed by atoms with van der Waals surface area (Å²) in [6.45, 7) is 0. The van der Waals surface area contributed by atoms with E-state index in [0.29, 0.717) is 22.4 Å². The number of anilines is 1. The summed E-state index contributed by atoms with van der Waals surface area (Å²) in [5.74, 6) is -1.67. The maximum Gasteiger partial charge on any atom is 0.236 e. The van der Waals surface area contributed by atoms with Crippen molar-refractivity contribution in [2.75, 3.05) is 23.9 Å². The van der Waals surface area contributed by atoms with Crippen molar-refractivity contribution in [3.05, 3.63) is 35.2 Å². The molecule has 2 aromatic rings. The summed E-state index contributed by atoms with van der Waals surface area (Å²) in [7, 11) is 1.84. The van der Waals surface area contributed by atoms with Crippen LogP contribution in [0.5, 0.6) is 0 Å². The van der Waals surface area contributed by atoms with Crippen molar-refractivity contribution in [3.8, 4) is 11.3 Å². The average Bonchev–Trinajstić information content (AvgIpc) is 3.18. The zero-order valence-corrected chi connectivity index (χ0v) is 17.8. The Labute approximate surface area is 176 Å². The Hall–Kier alpha value is -2.00. The van der Waals surface area contributed by atoms with Crippen molar-refractivity contribution in [2.45, 2.75) is 38.1 Å². The number of rotatable bonds is 7. The van der Waals surface area contributed by atoms with Crippen LogP contribution in [0.25, 0.3) is 11.3 Å². The molecule has 1 fully saturated rings. The monoisotopic (exact) mass is 439 g/mol. The number of thiazole rings is 1. The zero-order chi connectivity index (χ0) is 20.8. The Morgan fingerprint density at radius 1 is 1.21 bits per heavy atom. The minimum Gasteiger partial charge on any atom is -0.342 e. The third kappa shape index (κ3) is 5.99. The number of carbonyl (C=O) groups excluding carboxylic acids is 2. The Balaban J connectivity index is 1.44. The second-order valence-electron chi connectivity index (χ2n) is 7.00. The minimum atomic E-state index is -0.944. The largest absolute Gasteiger partial charge is 0.342 e. The summed E-state index contributed by atoms with van der Waals surface area (Å²) in [6, 6.07) is 3.86. The highest BCUT2D eigenvalue weighted by atomic mass is 32.2. The van der Waals surface area contributed by atoms with E-state index in [9.17, 15) is 18.4 Å². The predicted octanol–water partition coefficient (Wildman–Crippen LogP) is 4.55. The molecule has 0 aliphatic heterocycles. The fraction of sp³-hybridized carbons (Fsp3) is 0.450. The van der Waals surface area contributed by atoms with Crippen molar-refractivity contribution in [3.63, 3.8) is 0 Å². The lowest BCUT2D eigenvalue weighted by Gasteiger charge is -2.31. The second kappa shape index (κ2) is 10.2. The number of thioether (sulfide) groups is 1. The van der Waals surface area contributed by atoms with Gasteiger partial charge < -0.3 is 10.2 Å². The molecule has 1 aromatic heterocycles. The van der Waals surface area contributed by atoms with Gasteiger partial charge in [-0.15, -0.1) is 23.1 Å². The number of amides is 2. The van der Waals surface area contributed by atoms with Crippen LogP contribution in [0.1, 0.15) is 32.1 Å². The molecule has 0 saturated heterocycles. The SMILES string of the molecule is CN(C(=O)CSCC(=O)Nc1nc(-c2ccc(F)c(F)c2)cs1)C1CCCCC1. The first-order valence-corrected chi connectivity index (χ1v) is 11.5. The number of benzene rings is 1. The van der Waals surface area contributed by atoms with Crippen LogP contribution >= 0.6 is 23.1 Å². The van der Waals surface area contributed by atoms with Gasteiger partial charge in [-0.2, -0.15) is 0 Å². The summed E-state index contributed by atoms with van der Waals surface area (Å²) in [5, 5.41) is 4.72. The van der Waals surface area contributed by atoms with E-state index in [1.807, 2.05) is 11.9 Å². The fourth-order valence-electron chi connectivity index (χ4n) is 3.28. The average molecular weight is 440 g/mol. The molecule has 1 N–H and O–H groups in total. The molecule has 0 spiro atoms. The zero-order valence-electron chi connectivity index (χ0n) is 16.1. The second-order valence-corrected chi connectivity index (χ2v) is 8.85.